The maximum Gasteiger partial charge on any atom is 0.340 e. The second-order valence-electron chi connectivity index (χ2n) is 4.28. The number of benzene rings is 2. The summed E-state index contributed by atoms with van der Waals surface area (Å²) in [6, 6.07) is 9.69. The van der Waals surface area contributed by atoms with Crippen LogP contribution in [0.25, 0.3) is 0 Å². The van der Waals surface area contributed by atoms with Gasteiger partial charge in [0, 0.05) is 15.5 Å². The van der Waals surface area contributed by atoms with Gasteiger partial charge in [0.1, 0.15) is 5.82 Å². The quantitative estimate of drug-likeness (QED) is 0.731. The Morgan fingerprint density at radius 2 is 1.90 bits per heavy atom. The van der Waals surface area contributed by atoms with Crippen LogP contribution >= 0.6 is 31.9 Å². The largest absolute Gasteiger partial charge is 0.465 e. The van der Waals surface area contributed by atoms with Crippen molar-refractivity contribution in [2.24, 2.45) is 0 Å². The highest BCUT2D eigenvalue weighted by atomic mass is 79.9. The maximum atomic E-state index is 12.9. The number of hydrogen-bond acceptors (Lipinski definition) is 3. The fourth-order valence-corrected chi connectivity index (χ4v) is 3.18. The minimum Gasteiger partial charge on any atom is -0.465 e. The zero-order valence-electron chi connectivity index (χ0n) is 11.1. The number of rotatable bonds is 4. The Bertz CT molecular complexity index is 659. The Hall–Kier alpha value is -1.40. The van der Waals surface area contributed by atoms with Crippen LogP contribution in [0.1, 0.15) is 15.9 Å². The molecule has 2 aromatic rings. The monoisotopic (exact) mass is 415 g/mol. The fourth-order valence-electron chi connectivity index (χ4n) is 1.82. The third-order valence-electron chi connectivity index (χ3n) is 2.84. The molecule has 21 heavy (non-hydrogen) atoms. The van der Waals surface area contributed by atoms with Crippen molar-refractivity contribution in [3.05, 3.63) is 62.3 Å². The van der Waals surface area contributed by atoms with Crippen LogP contribution in [-0.2, 0) is 11.3 Å². The molecule has 0 saturated carbocycles. The molecule has 0 aromatic heterocycles. The van der Waals surface area contributed by atoms with E-state index in [0.717, 1.165) is 14.5 Å². The van der Waals surface area contributed by atoms with Gasteiger partial charge in [0.05, 0.1) is 18.4 Å². The molecule has 2 aromatic carbocycles. The predicted molar refractivity (Wildman–Crippen MR) is 86.9 cm³/mol. The summed E-state index contributed by atoms with van der Waals surface area (Å²) in [6.07, 6.45) is 0. The number of ether oxygens (including phenoxy) is 1. The average Bonchev–Trinajstić information content (AvgIpc) is 2.46. The van der Waals surface area contributed by atoms with Gasteiger partial charge in [-0.05, 0) is 45.8 Å². The molecule has 3 nitrogen and oxygen atoms in total. The van der Waals surface area contributed by atoms with Crippen LogP contribution in [0.3, 0.4) is 0 Å². The van der Waals surface area contributed by atoms with E-state index in [-0.39, 0.29) is 5.82 Å². The summed E-state index contributed by atoms with van der Waals surface area (Å²) in [5.41, 5.74) is 1.96. The summed E-state index contributed by atoms with van der Waals surface area (Å²) >= 11 is 6.76. The molecule has 0 amide bonds. The molecule has 0 aliphatic heterocycles. The van der Waals surface area contributed by atoms with Crippen molar-refractivity contribution in [1.82, 2.24) is 0 Å². The van der Waals surface area contributed by atoms with Crippen molar-refractivity contribution in [3.8, 4) is 0 Å². The smallest absolute Gasteiger partial charge is 0.340 e. The number of halogens is 3. The molecule has 2 rings (SSSR count). The summed E-state index contributed by atoms with van der Waals surface area (Å²) in [6.45, 7) is 0.463. The fraction of sp³-hybridized carbons (Fsp3) is 0.133. The number of methoxy groups -OCH3 is 1. The Morgan fingerprint density at radius 1 is 1.24 bits per heavy atom. The van der Waals surface area contributed by atoms with Gasteiger partial charge in [-0.15, -0.1) is 0 Å². The van der Waals surface area contributed by atoms with E-state index in [2.05, 4.69) is 37.2 Å². The highest BCUT2D eigenvalue weighted by molar-refractivity contribution is 9.11. The molecule has 0 fully saturated rings. The number of nitrogens with one attached hydrogen (secondary N) is 1. The number of carbonyl (C=O) groups is 1. The SMILES string of the molecule is COC(=O)c1cc(Br)cc(Br)c1NCc1ccc(F)cc1. The summed E-state index contributed by atoms with van der Waals surface area (Å²) < 4.78 is 19.2. The Labute approximate surface area is 138 Å². The molecule has 110 valence electrons. The molecule has 1 N–H and O–H groups in total. The van der Waals surface area contributed by atoms with Crippen molar-refractivity contribution >= 4 is 43.5 Å². The Morgan fingerprint density at radius 3 is 2.52 bits per heavy atom. The van der Waals surface area contributed by atoms with Crippen molar-refractivity contribution in [2.45, 2.75) is 6.54 Å². The topological polar surface area (TPSA) is 38.3 Å². The van der Waals surface area contributed by atoms with Gasteiger partial charge < -0.3 is 10.1 Å². The van der Waals surface area contributed by atoms with Crippen molar-refractivity contribution in [2.75, 3.05) is 12.4 Å². The lowest BCUT2D eigenvalue weighted by molar-refractivity contribution is 0.0601. The van der Waals surface area contributed by atoms with Crippen molar-refractivity contribution < 1.29 is 13.9 Å². The van der Waals surface area contributed by atoms with E-state index in [4.69, 9.17) is 4.74 Å². The van der Waals surface area contributed by atoms with E-state index in [1.165, 1.54) is 19.2 Å². The highest BCUT2D eigenvalue weighted by Crippen LogP contribution is 2.31. The van der Waals surface area contributed by atoms with Gasteiger partial charge in [0.25, 0.3) is 0 Å². The lowest BCUT2D eigenvalue weighted by Crippen LogP contribution is -2.09. The van der Waals surface area contributed by atoms with E-state index in [9.17, 15) is 9.18 Å². The number of carbonyl (C=O) groups excluding carboxylic acids is 1. The standard InChI is InChI=1S/C15H12Br2FNO2/c1-21-15(20)12-6-10(16)7-13(17)14(12)19-8-9-2-4-11(18)5-3-9/h2-7,19H,8H2,1H3. The molecular weight excluding hydrogens is 405 g/mol. The molecule has 0 aliphatic carbocycles. The summed E-state index contributed by atoms with van der Waals surface area (Å²) in [7, 11) is 1.33. The maximum absolute atomic E-state index is 12.9. The van der Waals surface area contributed by atoms with Gasteiger partial charge >= 0.3 is 5.97 Å². The Balaban J connectivity index is 2.26. The first-order valence-electron chi connectivity index (χ1n) is 6.07. The summed E-state index contributed by atoms with van der Waals surface area (Å²) in [5.74, 6) is -0.711. The second-order valence-corrected chi connectivity index (χ2v) is 6.05. The second kappa shape index (κ2) is 7.04. The van der Waals surface area contributed by atoms with Crippen molar-refractivity contribution in [1.29, 1.82) is 0 Å². The number of hydrogen-bond donors (Lipinski definition) is 1. The van der Waals surface area contributed by atoms with E-state index in [1.54, 1.807) is 18.2 Å². The lowest BCUT2D eigenvalue weighted by Gasteiger charge is -2.13. The molecule has 0 saturated heterocycles. The minimum absolute atomic E-state index is 0.279. The van der Waals surface area contributed by atoms with Crippen LogP contribution in [-0.4, -0.2) is 13.1 Å². The molecule has 0 aliphatic rings. The third kappa shape index (κ3) is 4.04. The molecule has 0 heterocycles. The normalized spacial score (nSPS) is 10.3. The molecule has 0 bridgehead atoms. The summed E-state index contributed by atoms with van der Waals surface area (Å²) in [4.78, 5) is 11.8. The molecule has 0 atom stereocenters. The van der Waals surface area contributed by atoms with E-state index in [1.807, 2.05) is 6.07 Å². The minimum atomic E-state index is -0.432. The molecular formula is C15H12Br2FNO2. The first-order chi connectivity index (χ1) is 10.0. The third-order valence-corrected chi connectivity index (χ3v) is 3.93. The molecule has 0 unspecified atom stereocenters. The highest BCUT2D eigenvalue weighted by Gasteiger charge is 2.16. The molecule has 0 radical (unpaired) electrons. The molecule has 0 spiro atoms. The lowest BCUT2D eigenvalue weighted by atomic mass is 10.1. The van der Waals surface area contributed by atoms with Crippen molar-refractivity contribution in [3.63, 3.8) is 0 Å². The van der Waals surface area contributed by atoms with Gasteiger partial charge in [-0.2, -0.15) is 0 Å². The predicted octanol–water partition coefficient (Wildman–Crippen LogP) is 4.75. The first-order valence-corrected chi connectivity index (χ1v) is 7.65. The zero-order chi connectivity index (χ0) is 15.4. The Kier molecular flexibility index (Phi) is 5.36. The van der Waals surface area contributed by atoms with Crippen LogP contribution in [0.2, 0.25) is 0 Å². The van der Waals surface area contributed by atoms with Crippen LogP contribution in [0.5, 0.6) is 0 Å². The van der Waals surface area contributed by atoms with Gasteiger partial charge in [-0.1, -0.05) is 28.1 Å². The number of anilines is 1. The van der Waals surface area contributed by atoms with Gasteiger partial charge in [0.2, 0.25) is 0 Å². The van der Waals surface area contributed by atoms with Gasteiger partial charge in [-0.25, -0.2) is 9.18 Å². The van der Waals surface area contributed by atoms with E-state index in [0.29, 0.717) is 17.8 Å². The van der Waals surface area contributed by atoms with Gasteiger partial charge in [-0.3, -0.25) is 0 Å². The average molecular weight is 417 g/mol. The molecule has 6 heteroatoms. The van der Waals surface area contributed by atoms with E-state index < -0.39 is 5.97 Å². The van der Waals surface area contributed by atoms with E-state index >= 15 is 0 Å². The summed E-state index contributed by atoms with van der Waals surface area (Å²) in [5, 5.41) is 3.17. The number of esters is 1. The zero-order valence-corrected chi connectivity index (χ0v) is 14.3. The van der Waals surface area contributed by atoms with Crippen LogP contribution in [0.15, 0.2) is 45.3 Å². The van der Waals surface area contributed by atoms with Crippen LogP contribution < -0.4 is 5.32 Å². The van der Waals surface area contributed by atoms with Crippen LogP contribution in [0.4, 0.5) is 10.1 Å². The van der Waals surface area contributed by atoms with Gasteiger partial charge in [0.15, 0.2) is 0 Å². The van der Waals surface area contributed by atoms with Crippen LogP contribution in [0, 0.1) is 5.82 Å². The first kappa shape index (κ1) is 16.0.